The van der Waals surface area contributed by atoms with Gasteiger partial charge in [0.1, 0.15) is 0 Å². The zero-order valence-corrected chi connectivity index (χ0v) is 7.15. The van der Waals surface area contributed by atoms with Gasteiger partial charge < -0.3 is 15.2 Å². The first kappa shape index (κ1) is 12.8. The molecule has 64 valence electrons. The van der Waals surface area contributed by atoms with Crippen molar-refractivity contribution in [3.8, 4) is 0 Å². The third kappa shape index (κ3) is 11.0. The number of hydrogen-bond acceptors (Lipinski definition) is 3. The molecule has 0 unspecified atom stereocenters. The minimum atomic E-state index is 0. The molecule has 0 aliphatic rings. The van der Waals surface area contributed by atoms with E-state index >= 15 is 0 Å². The summed E-state index contributed by atoms with van der Waals surface area (Å²) < 4.78 is 9.88. The number of methoxy groups -OCH3 is 1. The highest BCUT2D eigenvalue weighted by atomic mass is 35.5. The summed E-state index contributed by atoms with van der Waals surface area (Å²) >= 11 is 0. The second-order valence-electron chi connectivity index (χ2n) is 1.75. The smallest absolute Gasteiger partial charge is 0.0700 e. The minimum Gasteiger partial charge on any atom is -0.382 e. The van der Waals surface area contributed by atoms with E-state index in [1.165, 1.54) is 0 Å². The lowest BCUT2D eigenvalue weighted by Crippen LogP contribution is -2.07. The molecule has 3 nitrogen and oxygen atoms in total. The molecule has 10 heavy (non-hydrogen) atoms. The average Bonchev–Trinajstić information content (AvgIpc) is 1.89. The normalized spacial score (nSPS) is 9.00. The number of nitrogens with two attached hydrogens (primary N) is 1. The molecule has 0 saturated heterocycles. The highest BCUT2D eigenvalue weighted by Crippen LogP contribution is 1.78. The number of hydrogen-bond donors (Lipinski definition) is 1. The largest absolute Gasteiger partial charge is 0.382 e. The molecular formula is C6H16ClNO2. The van der Waals surface area contributed by atoms with E-state index in [0.29, 0.717) is 19.8 Å². The lowest BCUT2D eigenvalue weighted by Gasteiger charge is -2.00. The Bertz CT molecular complexity index is 49.0. The van der Waals surface area contributed by atoms with Crippen LogP contribution in [0.4, 0.5) is 0 Å². The predicted octanol–water partition coefficient (Wildman–Crippen LogP) is 0.420. The molecular weight excluding hydrogens is 154 g/mol. The molecule has 0 radical (unpaired) electrons. The van der Waals surface area contributed by atoms with Crippen molar-refractivity contribution in [2.45, 2.75) is 6.42 Å². The van der Waals surface area contributed by atoms with E-state index in [0.717, 1.165) is 13.0 Å². The van der Waals surface area contributed by atoms with Gasteiger partial charge in [0, 0.05) is 13.7 Å². The predicted molar refractivity (Wildman–Crippen MR) is 43.6 cm³/mol. The van der Waals surface area contributed by atoms with Gasteiger partial charge in [0.2, 0.25) is 0 Å². The molecule has 0 aromatic heterocycles. The van der Waals surface area contributed by atoms with E-state index in [-0.39, 0.29) is 12.4 Å². The number of ether oxygens (including phenoxy) is 2. The fourth-order valence-electron chi connectivity index (χ4n) is 0.430. The topological polar surface area (TPSA) is 44.5 Å². The van der Waals surface area contributed by atoms with Crippen LogP contribution in [0.3, 0.4) is 0 Å². The van der Waals surface area contributed by atoms with Crippen LogP contribution < -0.4 is 5.73 Å². The van der Waals surface area contributed by atoms with E-state index in [1.54, 1.807) is 7.11 Å². The molecule has 0 aliphatic carbocycles. The Kier molecular flexibility index (Phi) is 15.3. The summed E-state index contributed by atoms with van der Waals surface area (Å²) in [5, 5.41) is 0. The zero-order chi connectivity index (χ0) is 6.95. The molecule has 2 N–H and O–H groups in total. The van der Waals surface area contributed by atoms with Crippen molar-refractivity contribution in [1.29, 1.82) is 0 Å². The van der Waals surface area contributed by atoms with Gasteiger partial charge in [-0.05, 0) is 13.0 Å². The summed E-state index contributed by atoms with van der Waals surface area (Å²) in [5.41, 5.74) is 5.23. The van der Waals surface area contributed by atoms with Gasteiger partial charge in [-0.3, -0.25) is 0 Å². The molecule has 0 spiro atoms. The molecule has 0 rings (SSSR count). The minimum absolute atomic E-state index is 0. The van der Waals surface area contributed by atoms with E-state index in [4.69, 9.17) is 15.2 Å². The summed E-state index contributed by atoms with van der Waals surface area (Å²) in [5.74, 6) is 0. The Hall–Kier alpha value is 0.170. The first-order valence-corrected chi connectivity index (χ1v) is 3.18. The van der Waals surface area contributed by atoms with Gasteiger partial charge in [-0.15, -0.1) is 12.4 Å². The molecule has 4 heteroatoms. The second kappa shape index (κ2) is 11.9. The summed E-state index contributed by atoms with van der Waals surface area (Å²) in [7, 11) is 1.66. The van der Waals surface area contributed by atoms with Crippen molar-refractivity contribution in [3.63, 3.8) is 0 Å². The van der Waals surface area contributed by atoms with Crippen LogP contribution in [0.5, 0.6) is 0 Å². The third-order valence-electron chi connectivity index (χ3n) is 0.925. The maximum absolute atomic E-state index is 5.23. The van der Waals surface area contributed by atoms with E-state index in [1.807, 2.05) is 0 Å². The quantitative estimate of drug-likeness (QED) is 0.587. The van der Waals surface area contributed by atoms with Crippen molar-refractivity contribution in [1.82, 2.24) is 0 Å². The van der Waals surface area contributed by atoms with Crippen LogP contribution in [0.15, 0.2) is 0 Å². The van der Waals surface area contributed by atoms with Crippen molar-refractivity contribution in [2.24, 2.45) is 5.73 Å². The van der Waals surface area contributed by atoms with Crippen LogP contribution >= 0.6 is 12.4 Å². The average molecular weight is 170 g/mol. The van der Waals surface area contributed by atoms with Crippen LogP contribution in [-0.2, 0) is 9.47 Å². The molecule has 0 aromatic carbocycles. The molecule has 0 aliphatic heterocycles. The lowest BCUT2D eigenvalue weighted by atomic mass is 10.5. The van der Waals surface area contributed by atoms with Gasteiger partial charge in [0.05, 0.1) is 13.2 Å². The molecule has 0 aromatic rings. The zero-order valence-electron chi connectivity index (χ0n) is 6.34. The second-order valence-corrected chi connectivity index (χ2v) is 1.75. The van der Waals surface area contributed by atoms with Crippen LogP contribution in [0, 0.1) is 0 Å². The monoisotopic (exact) mass is 169 g/mol. The van der Waals surface area contributed by atoms with Gasteiger partial charge in [-0.2, -0.15) is 0 Å². The van der Waals surface area contributed by atoms with E-state index in [2.05, 4.69) is 0 Å². The molecule has 0 fully saturated rings. The molecule has 0 bridgehead atoms. The van der Waals surface area contributed by atoms with Gasteiger partial charge in [-0.1, -0.05) is 0 Å². The fraction of sp³-hybridized carbons (Fsp3) is 1.00. The summed E-state index contributed by atoms with van der Waals surface area (Å²) in [4.78, 5) is 0. The molecule has 0 atom stereocenters. The van der Waals surface area contributed by atoms with Gasteiger partial charge in [0.25, 0.3) is 0 Å². The Balaban J connectivity index is 0. The molecule has 0 amide bonds. The standard InChI is InChI=1S/C6H15NO2.ClH/c1-8-5-6-9-4-2-3-7;/h2-7H2,1H3;1H. The first-order chi connectivity index (χ1) is 4.41. The maximum atomic E-state index is 5.23. The Labute approximate surface area is 68.3 Å². The first-order valence-electron chi connectivity index (χ1n) is 3.18. The maximum Gasteiger partial charge on any atom is 0.0700 e. The molecule has 0 saturated carbocycles. The van der Waals surface area contributed by atoms with E-state index < -0.39 is 0 Å². The summed E-state index contributed by atoms with van der Waals surface area (Å²) in [6, 6.07) is 0. The van der Waals surface area contributed by atoms with Crippen LogP contribution in [0.2, 0.25) is 0 Å². The number of rotatable bonds is 6. The van der Waals surface area contributed by atoms with Gasteiger partial charge in [-0.25, -0.2) is 0 Å². The van der Waals surface area contributed by atoms with Crippen molar-refractivity contribution in [3.05, 3.63) is 0 Å². The fourth-order valence-corrected chi connectivity index (χ4v) is 0.430. The van der Waals surface area contributed by atoms with Crippen molar-refractivity contribution >= 4 is 12.4 Å². The summed E-state index contributed by atoms with van der Waals surface area (Å²) in [6.45, 7) is 2.80. The van der Waals surface area contributed by atoms with Gasteiger partial charge in [0.15, 0.2) is 0 Å². The van der Waals surface area contributed by atoms with E-state index in [9.17, 15) is 0 Å². The highest BCUT2D eigenvalue weighted by Gasteiger charge is 1.84. The SMILES string of the molecule is COCCOCCCN.Cl. The van der Waals surface area contributed by atoms with Crippen molar-refractivity contribution < 1.29 is 9.47 Å². The summed E-state index contributed by atoms with van der Waals surface area (Å²) in [6.07, 6.45) is 0.934. The number of halogens is 1. The van der Waals surface area contributed by atoms with Crippen molar-refractivity contribution in [2.75, 3.05) is 33.5 Å². The Morgan fingerprint density at radius 2 is 1.90 bits per heavy atom. The highest BCUT2D eigenvalue weighted by molar-refractivity contribution is 5.85. The Morgan fingerprint density at radius 3 is 2.40 bits per heavy atom. The Morgan fingerprint density at radius 1 is 1.20 bits per heavy atom. The van der Waals surface area contributed by atoms with Gasteiger partial charge >= 0.3 is 0 Å². The van der Waals surface area contributed by atoms with Crippen LogP contribution in [0.25, 0.3) is 0 Å². The molecule has 0 heterocycles. The van der Waals surface area contributed by atoms with Crippen LogP contribution in [0.1, 0.15) is 6.42 Å². The third-order valence-corrected chi connectivity index (χ3v) is 0.925. The lowest BCUT2D eigenvalue weighted by molar-refractivity contribution is 0.0702. The van der Waals surface area contributed by atoms with Crippen LogP contribution in [-0.4, -0.2) is 33.5 Å².